The van der Waals surface area contributed by atoms with Crippen molar-refractivity contribution in [2.24, 2.45) is 0 Å². The van der Waals surface area contributed by atoms with Crippen LogP contribution in [0.25, 0.3) is 0 Å². The van der Waals surface area contributed by atoms with Gasteiger partial charge in [0.2, 0.25) is 0 Å². The number of hydrogen-bond donors (Lipinski definition) is 0. The van der Waals surface area contributed by atoms with Gasteiger partial charge in [0.05, 0.1) is 20.1 Å². The number of nitrogens with zero attached hydrogens (tertiary/aromatic N) is 1. The maximum Gasteiger partial charge on any atom is 0.132 e. The summed E-state index contributed by atoms with van der Waals surface area (Å²) in [6.45, 7) is 6.77. The lowest BCUT2D eigenvalue weighted by Gasteiger charge is -2.31. The van der Waals surface area contributed by atoms with E-state index in [-0.39, 0.29) is 12.4 Å². The summed E-state index contributed by atoms with van der Waals surface area (Å²) in [4.78, 5) is 0. The molecule has 0 aliphatic heterocycles. The number of hydrogen-bond acceptors (Lipinski definition) is 0. The van der Waals surface area contributed by atoms with Crippen molar-refractivity contribution in [1.82, 2.24) is 4.48 Å². The summed E-state index contributed by atoms with van der Waals surface area (Å²) in [5.74, 6) is 0. The molecule has 13 heavy (non-hydrogen) atoms. The average Bonchev–Trinajstić information content (AvgIpc) is 2.18. The van der Waals surface area contributed by atoms with Crippen LogP contribution in [0.15, 0.2) is 30.3 Å². The lowest BCUT2D eigenvalue weighted by Crippen LogP contribution is -3.00. The molecule has 1 rings (SSSR count). The molecule has 2 heteroatoms. The van der Waals surface area contributed by atoms with Gasteiger partial charge in [0.1, 0.15) is 5.69 Å². The monoisotopic (exact) mass is 199 g/mol. The standard InChI is InChI=1S/C11H18N.ClH/c1-4-12(3,5-2)11-9-7-6-8-10-11;/h6-10H,4-5H2,1-3H3;1H/q+1;/p-1. The summed E-state index contributed by atoms with van der Waals surface area (Å²) < 4.78 is 1.03. The predicted molar refractivity (Wildman–Crippen MR) is 55.2 cm³/mol. The Kier molecular flexibility index (Phi) is 5.04. The number of para-hydroxylation sites is 1. The van der Waals surface area contributed by atoms with Gasteiger partial charge in [-0.2, -0.15) is 0 Å². The molecule has 0 spiro atoms. The van der Waals surface area contributed by atoms with Gasteiger partial charge in [0.25, 0.3) is 0 Å². The van der Waals surface area contributed by atoms with Crippen molar-refractivity contribution in [2.75, 3.05) is 20.1 Å². The molecule has 0 saturated heterocycles. The molecule has 0 atom stereocenters. The summed E-state index contributed by atoms with van der Waals surface area (Å²) in [6, 6.07) is 10.7. The zero-order valence-electron chi connectivity index (χ0n) is 8.63. The summed E-state index contributed by atoms with van der Waals surface area (Å²) >= 11 is 0. The Balaban J connectivity index is 0.00000144. The van der Waals surface area contributed by atoms with Crippen molar-refractivity contribution in [1.29, 1.82) is 0 Å². The van der Waals surface area contributed by atoms with E-state index in [4.69, 9.17) is 0 Å². The third-order valence-corrected chi connectivity index (χ3v) is 2.78. The fraction of sp³-hybridized carbons (Fsp3) is 0.455. The zero-order chi connectivity index (χ0) is 9.03. The first-order valence-electron chi connectivity index (χ1n) is 4.63. The molecule has 0 fully saturated rings. The summed E-state index contributed by atoms with van der Waals surface area (Å²) in [5, 5.41) is 0. The minimum absolute atomic E-state index is 0. The topological polar surface area (TPSA) is 0 Å². The average molecular weight is 200 g/mol. The molecule has 1 nitrogen and oxygen atoms in total. The van der Waals surface area contributed by atoms with E-state index in [1.165, 1.54) is 5.69 Å². The predicted octanol–water partition coefficient (Wildman–Crippen LogP) is -0.332. The Morgan fingerprint density at radius 1 is 1.00 bits per heavy atom. The second-order valence-corrected chi connectivity index (χ2v) is 3.36. The molecule has 0 heterocycles. The molecule has 0 bridgehead atoms. The van der Waals surface area contributed by atoms with Crippen molar-refractivity contribution >= 4 is 5.69 Å². The van der Waals surface area contributed by atoms with Gasteiger partial charge in [-0.1, -0.05) is 18.2 Å². The largest absolute Gasteiger partial charge is 1.00 e. The van der Waals surface area contributed by atoms with Gasteiger partial charge in [-0.25, -0.2) is 0 Å². The van der Waals surface area contributed by atoms with Gasteiger partial charge >= 0.3 is 0 Å². The highest BCUT2D eigenvalue weighted by molar-refractivity contribution is 5.41. The summed E-state index contributed by atoms with van der Waals surface area (Å²) in [5.41, 5.74) is 1.41. The Morgan fingerprint density at radius 2 is 1.46 bits per heavy atom. The van der Waals surface area contributed by atoms with E-state index >= 15 is 0 Å². The van der Waals surface area contributed by atoms with E-state index in [0.29, 0.717) is 0 Å². The fourth-order valence-electron chi connectivity index (χ4n) is 1.38. The minimum Gasteiger partial charge on any atom is -1.00 e. The van der Waals surface area contributed by atoms with Crippen molar-refractivity contribution in [3.63, 3.8) is 0 Å². The molecule has 0 aliphatic rings. The van der Waals surface area contributed by atoms with Gasteiger partial charge in [-0.15, -0.1) is 0 Å². The van der Waals surface area contributed by atoms with Gasteiger partial charge < -0.3 is 12.4 Å². The van der Waals surface area contributed by atoms with E-state index in [9.17, 15) is 0 Å². The molecule has 1 aromatic rings. The Labute approximate surface area is 87.4 Å². The number of benzene rings is 1. The highest BCUT2D eigenvalue weighted by Crippen LogP contribution is 2.19. The highest BCUT2D eigenvalue weighted by Gasteiger charge is 2.18. The van der Waals surface area contributed by atoms with E-state index < -0.39 is 0 Å². The molecule has 1 aromatic carbocycles. The van der Waals surface area contributed by atoms with Gasteiger partial charge in [-0.05, 0) is 26.0 Å². The van der Waals surface area contributed by atoms with Crippen molar-refractivity contribution in [2.45, 2.75) is 13.8 Å². The summed E-state index contributed by atoms with van der Waals surface area (Å²) in [6.07, 6.45) is 0. The van der Waals surface area contributed by atoms with Crippen LogP contribution in [0.2, 0.25) is 0 Å². The quantitative estimate of drug-likeness (QED) is 0.585. The van der Waals surface area contributed by atoms with Crippen LogP contribution in [-0.4, -0.2) is 20.1 Å². The van der Waals surface area contributed by atoms with Crippen LogP contribution in [0.4, 0.5) is 5.69 Å². The molecule has 0 aliphatic carbocycles. The SMILES string of the molecule is CC[N+](C)(CC)c1ccccc1.[Cl-]. The Bertz CT molecular complexity index is 229. The van der Waals surface area contributed by atoms with Gasteiger partial charge in [0.15, 0.2) is 0 Å². The van der Waals surface area contributed by atoms with Crippen molar-refractivity contribution in [3.8, 4) is 0 Å². The number of rotatable bonds is 3. The van der Waals surface area contributed by atoms with E-state index in [1.807, 2.05) is 0 Å². The van der Waals surface area contributed by atoms with Crippen LogP contribution >= 0.6 is 0 Å². The minimum atomic E-state index is 0. The zero-order valence-corrected chi connectivity index (χ0v) is 9.38. The Hall–Kier alpha value is -0.530. The van der Waals surface area contributed by atoms with Crippen molar-refractivity contribution in [3.05, 3.63) is 30.3 Å². The first-order chi connectivity index (χ1) is 5.73. The molecule has 0 amide bonds. The first-order valence-corrected chi connectivity index (χ1v) is 4.63. The van der Waals surface area contributed by atoms with Gasteiger partial charge in [0, 0.05) is 0 Å². The molecule has 0 saturated carbocycles. The van der Waals surface area contributed by atoms with Crippen LogP contribution in [0.3, 0.4) is 0 Å². The van der Waals surface area contributed by atoms with E-state index in [0.717, 1.165) is 17.6 Å². The smallest absolute Gasteiger partial charge is 0.132 e. The molecule has 0 unspecified atom stereocenters. The van der Waals surface area contributed by atoms with Gasteiger partial charge in [-0.3, -0.25) is 4.48 Å². The van der Waals surface area contributed by atoms with E-state index in [2.05, 4.69) is 51.2 Å². The van der Waals surface area contributed by atoms with Crippen molar-refractivity contribution < 1.29 is 12.4 Å². The normalized spacial score (nSPS) is 10.7. The highest BCUT2D eigenvalue weighted by atomic mass is 35.5. The van der Waals surface area contributed by atoms with E-state index in [1.54, 1.807) is 0 Å². The van der Waals surface area contributed by atoms with Crippen LogP contribution in [-0.2, 0) is 0 Å². The van der Waals surface area contributed by atoms with Crippen LogP contribution in [0.1, 0.15) is 13.8 Å². The lowest BCUT2D eigenvalue weighted by atomic mass is 10.2. The van der Waals surface area contributed by atoms with Crippen LogP contribution in [0.5, 0.6) is 0 Å². The van der Waals surface area contributed by atoms with Crippen LogP contribution < -0.4 is 16.9 Å². The first kappa shape index (κ1) is 12.5. The third-order valence-electron chi connectivity index (χ3n) is 2.78. The lowest BCUT2D eigenvalue weighted by molar-refractivity contribution is -0.00000265. The van der Waals surface area contributed by atoms with Crippen LogP contribution in [0, 0.1) is 0 Å². The number of quaternary nitrogens is 1. The Morgan fingerprint density at radius 3 is 1.85 bits per heavy atom. The maximum atomic E-state index is 2.27. The second kappa shape index (κ2) is 5.25. The number of halogens is 1. The molecule has 0 N–H and O–H groups in total. The molecular weight excluding hydrogens is 182 g/mol. The second-order valence-electron chi connectivity index (χ2n) is 3.36. The third kappa shape index (κ3) is 2.71. The molecular formula is C11H18ClN. The fourth-order valence-corrected chi connectivity index (χ4v) is 1.38. The molecule has 0 aromatic heterocycles. The maximum absolute atomic E-state index is 2.27. The molecule has 0 radical (unpaired) electrons. The molecule has 74 valence electrons. The summed E-state index contributed by atoms with van der Waals surface area (Å²) in [7, 11) is 2.27.